The van der Waals surface area contributed by atoms with Crippen molar-refractivity contribution in [2.24, 2.45) is 0 Å². The fourth-order valence-corrected chi connectivity index (χ4v) is 2.39. The van der Waals surface area contributed by atoms with E-state index < -0.39 is 5.82 Å². The highest BCUT2D eigenvalue weighted by Crippen LogP contribution is 2.25. The van der Waals surface area contributed by atoms with Crippen LogP contribution in [0.3, 0.4) is 0 Å². The van der Waals surface area contributed by atoms with Crippen LogP contribution in [0.25, 0.3) is 22.1 Å². The summed E-state index contributed by atoms with van der Waals surface area (Å²) in [5.41, 5.74) is 0.681. The summed E-state index contributed by atoms with van der Waals surface area (Å²) in [5, 5.41) is 8.99. The van der Waals surface area contributed by atoms with Gasteiger partial charge in [0.1, 0.15) is 5.82 Å². The van der Waals surface area contributed by atoms with Crippen LogP contribution in [0.2, 0.25) is 5.02 Å². The third-order valence-electron chi connectivity index (χ3n) is 2.42. The molecule has 0 aliphatic rings. The number of nitrogens with zero attached hydrogens (tertiary/aromatic N) is 2. The van der Waals surface area contributed by atoms with E-state index in [1.54, 1.807) is 17.4 Å². The SMILES string of the molecule is Fc1ccc(-c2n[nH]c(-c3cccs3)n2)cc1Cl. The molecule has 0 bridgehead atoms. The van der Waals surface area contributed by atoms with Gasteiger partial charge in [0.25, 0.3) is 0 Å². The Kier molecular flexibility index (Phi) is 2.85. The Hall–Kier alpha value is -1.72. The van der Waals surface area contributed by atoms with Crippen LogP contribution in [0.15, 0.2) is 35.7 Å². The molecule has 0 unspecified atom stereocenters. The topological polar surface area (TPSA) is 41.6 Å². The second-order valence-corrected chi connectivity index (χ2v) is 4.97. The number of H-pyrrole nitrogens is 1. The smallest absolute Gasteiger partial charge is 0.181 e. The third kappa shape index (κ3) is 2.02. The van der Waals surface area contributed by atoms with Crippen LogP contribution < -0.4 is 0 Å². The molecule has 2 aromatic heterocycles. The van der Waals surface area contributed by atoms with Gasteiger partial charge in [0.2, 0.25) is 0 Å². The highest BCUT2D eigenvalue weighted by atomic mass is 35.5. The van der Waals surface area contributed by atoms with E-state index in [0.717, 1.165) is 4.88 Å². The fourth-order valence-electron chi connectivity index (χ4n) is 1.55. The second kappa shape index (κ2) is 4.51. The highest BCUT2D eigenvalue weighted by Gasteiger charge is 2.10. The average molecular weight is 280 g/mol. The Morgan fingerprint density at radius 2 is 2.17 bits per heavy atom. The highest BCUT2D eigenvalue weighted by molar-refractivity contribution is 7.13. The fraction of sp³-hybridized carbons (Fsp3) is 0. The number of aromatic nitrogens is 3. The van der Waals surface area contributed by atoms with Crippen LogP contribution in [0.1, 0.15) is 0 Å². The zero-order valence-corrected chi connectivity index (χ0v) is 10.6. The minimum atomic E-state index is -0.450. The van der Waals surface area contributed by atoms with Gasteiger partial charge in [-0.05, 0) is 29.6 Å². The van der Waals surface area contributed by atoms with Crippen molar-refractivity contribution < 1.29 is 4.39 Å². The number of halogens is 2. The van der Waals surface area contributed by atoms with Gasteiger partial charge in [-0.25, -0.2) is 9.37 Å². The quantitative estimate of drug-likeness (QED) is 0.770. The maximum Gasteiger partial charge on any atom is 0.181 e. The Bertz CT molecular complexity index is 678. The summed E-state index contributed by atoms with van der Waals surface area (Å²) in [6.45, 7) is 0. The number of aromatic amines is 1. The van der Waals surface area contributed by atoms with Crippen molar-refractivity contribution in [2.45, 2.75) is 0 Å². The van der Waals surface area contributed by atoms with Crippen LogP contribution in [0, 0.1) is 5.82 Å². The van der Waals surface area contributed by atoms with Gasteiger partial charge in [-0.15, -0.1) is 11.3 Å². The molecule has 0 radical (unpaired) electrons. The van der Waals surface area contributed by atoms with Crippen molar-refractivity contribution in [3.05, 3.63) is 46.6 Å². The van der Waals surface area contributed by atoms with Crippen molar-refractivity contribution >= 4 is 22.9 Å². The van der Waals surface area contributed by atoms with E-state index in [-0.39, 0.29) is 5.02 Å². The summed E-state index contributed by atoms with van der Waals surface area (Å²) in [6, 6.07) is 8.31. The monoisotopic (exact) mass is 279 g/mol. The van der Waals surface area contributed by atoms with Gasteiger partial charge >= 0.3 is 0 Å². The molecule has 0 saturated heterocycles. The molecule has 0 aliphatic carbocycles. The molecule has 1 N–H and O–H groups in total. The number of benzene rings is 1. The summed E-state index contributed by atoms with van der Waals surface area (Å²) in [4.78, 5) is 5.36. The normalized spacial score (nSPS) is 10.8. The van der Waals surface area contributed by atoms with Crippen LogP contribution in [-0.4, -0.2) is 15.2 Å². The Labute approximate surface area is 111 Å². The van der Waals surface area contributed by atoms with Crippen molar-refractivity contribution in [2.75, 3.05) is 0 Å². The van der Waals surface area contributed by atoms with Crippen LogP contribution in [0.4, 0.5) is 4.39 Å². The molecule has 0 aliphatic heterocycles. The molecular formula is C12H7ClFN3S. The zero-order valence-electron chi connectivity index (χ0n) is 9.02. The molecule has 0 atom stereocenters. The summed E-state index contributed by atoms with van der Waals surface area (Å²) < 4.78 is 13.1. The summed E-state index contributed by atoms with van der Waals surface area (Å²) in [5.74, 6) is 0.746. The molecule has 90 valence electrons. The van der Waals surface area contributed by atoms with E-state index in [9.17, 15) is 4.39 Å². The number of thiophene rings is 1. The second-order valence-electron chi connectivity index (χ2n) is 3.61. The predicted molar refractivity (Wildman–Crippen MR) is 70.1 cm³/mol. The standard InChI is InChI=1S/C12H7ClFN3S/c13-8-6-7(3-4-9(8)14)11-15-12(17-16-11)10-2-1-5-18-10/h1-6H,(H,15,16,17). The molecule has 3 nitrogen and oxygen atoms in total. The minimum absolute atomic E-state index is 0.0648. The van der Waals surface area contributed by atoms with Crippen LogP contribution >= 0.6 is 22.9 Å². The lowest BCUT2D eigenvalue weighted by atomic mass is 10.2. The maximum atomic E-state index is 13.1. The molecule has 0 spiro atoms. The molecule has 0 amide bonds. The van der Waals surface area contributed by atoms with Gasteiger partial charge < -0.3 is 0 Å². The van der Waals surface area contributed by atoms with Crippen molar-refractivity contribution in [1.29, 1.82) is 0 Å². The van der Waals surface area contributed by atoms with E-state index in [1.165, 1.54) is 12.1 Å². The van der Waals surface area contributed by atoms with Crippen molar-refractivity contribution in [3.8, 4) is 22.1 Å². The molecular weight excluding hydrogens is 273 g/mol. The summed E-state index contributed by atoms with van der Waals surface area (Å²) in [7, 11) is 0. The predicted octanol–water partition coefficient (Wildman–Crippen LogP) is 3.99. The molecule has 0 fully saturated rings. The first kappa shape index (κ1) is 11.4. The first-order valence-corrected chi connectivity index (χ1v) is 6.41. The number of hydrogen-bond acceptors (Lipinski definition) is 3. The number of hydrogen-bond donors (Lipinski definition) is 1. The lowest BCUT2D eigenvalue weighted by Crippen LogP contribution is -1.83. The minimum Gasteiger partial charge on any atom is -0.258 e. The first-order chi connectivity index (χ1) is 8.74. The number of nitrogens with one attached hydrogen (secondary N) is 1. The van der Waals surface area contributed by atoms with E-state index in [0.29, 0.717) is 17.2 Å². The van der Waals surface area contributed by atoms with Gasteiger partial charge in [0.15, 0.2) is 11.6 Å². The largest absolute Gasteiger partial charge is 0.258 e. The summed E-state index contributed by atoms with van der Waals surface area (Å²) >= 11 is 7.30. The Balaban J connectivity index is 2.00. The molecule has 0 saturated carbocycles. The molecule has 3 rings (SSSR count). The lowest BCUT2D eigenvalue weighted by Gasteiger charge is -1.97. The molecule has 6 heteroatoms. The van der Waals surface area contributed by atoms with Gasteiger partial charge in [0, 0.05) is 5.56 Å². The van der Waals surface area contributed by atoms with Gasteiger partial charge in [-0.2, -0.15) is 5.10 Å². The molecule has 18 heavy (non-hydrogen) atoms. The third-order valence-corrected chi connectivity index (χ3v) is 3.58. The first-order valence-electron chi connectivity index (χ1n) is 5.16. The number of rotatable bonds is 2. The summed E-state index contributed by atoms with van der Waals surface area (Å²) in [6.07, 6.45) is 0. The van der Waals surface area contributed by atoms with Crippen LogP contribution in [0.5, 0.6) is 0 Å². The van der Waals surface area contributed by atoms with Gasteiger partial charge in [-0.3, -0.25) is 5.10 Å². The Morgan fingerprint density at radius 1 is 1.28 bits per heavy atom. The van der Waals surface area contributed by atoms with Crippen LogP contribution in [-0.2, 0) is 0 Å². The lowest BCUT2D eigenvalue weighted by molar-refractivity contribution is 0.628. The van der Waals surface area contributed by atoms with Gasteiger partial charge in [-0.1, -0.05) is 17.7 Å². The van der Waals surface area contributed by atoms with Crippen molar-refractivity contribution in [1.82, 2.24) is 15.2 Å². The molecule has 1 aromatic carbocycles. The van der Waals surface area contributed by atoms with E-state index in [4.69, 9.17) is 11.6 Å². The van der Waals surface area contributed by atoms with E-state index in [1.807, 2.05) is 17.5 Å². The van der Waals surface area contributed by atoms with Crippen molar-refractivity contribution in [3.63, 3.8) is 0 Å². The maximum absolute atomic E-state index is 13.1. The Morgan fingerprint density at radius 3 is 2.89 bits per heavy atom. The molecule has 3 aromatic rings. The average Bonchev–Trinajstić information content (AvgIpc) is 3.01. The molecule has 2 heterocycles. The van der Waals surface area contributed by atoms with E-state index in [2.05, 4.69) is 15.2 Å². The van der Waals surface area contributed by atoms with E-state index >= 15 is 0 Å². The zero-order chi connectivity index (χ0) is 12.5. The van der Waals surface area contributed by atoms with Gasteiger partial charge in [0.05, 0.1) is 9.90 Å².